The molecule has 0 fully saturated rings. The highest BCUT2D eigenvalue weighted by Gasteiger charge is 1.87. The molecule has 0 amide bonds. The Hall–Kier alpha value is -1.82. The van der Waals surface area contributed by atoms with Crippen molar-refractivity contribution in [3.05, 3.63) is 83.1 Å². The molecule has 0 aromatic rings. The topological polar surface area (TPSA) is 0 Å². The summed E-state index contributed by atoms with van der Waals surface area (Å²) in [7, 11) is 0. The van der Waals surface area contributed by atoms with E-state index in [-0.39, 0.29) is 0 Å². The second-order valence-electron chi connectivity index (χ2n) is 5.90. The molecule has 0 atom stereocenters. The molecule has 0 saturated carbocycles. The molecular weight excluding hydrogens is 264 g/mol. The predicted octanol–water partition coefficient (Wildman–Crippen LogP) is 7.26. The van der Waals surface area contributed by atoms with Crippen LogP contribution in [-0.4, -0.2) is 0 Å². The molecule has 0 spiro atoms. The minimum absolute atomic E-state index is 1.13. The van der Waals surface area contributed by atoms with E-state index in [1.165, 1.54) is 22.3 Å². The summed E-state index contributed by atoms with van der Waals surface area (Å²) in [4.78, 5) is 0. The molecule has 0 radical (unpaired) electrons. The first-order valence-electron chi connectivity index (χ1n) is 8.07. The standard InChI is InChI=1S/C22H32/c1-7-12-20(4)14-8-9-15-21(5)17-11-18-22(6)16-10-13-19(2)3/h7-9,11-15,17-18H,10,16H2,1-6H3. The van der Waals surface area contributed by atoms with Gasteiger partial charge in [0, 0.05) is 0 Å². The number of rotatable bonds is 8. The van der Waals surface area contributed by atoms with E-state index in [0.717, 1.165) is 12.8 Å². The van der Waals surface area contributed by atoms with E-state index >= 15 is 0 Å². The quantitative estimate of drug-likeness (QED) is 0.326. The van der Waals surface area contributed by atoms with Gasteiger partial charge in [0.25, 0.3) is 0 Å². The van der Waals surface area contributed by atoms with Crippen LogP contribution in [0, 0.1) is 0 Å². The fourth-order valence-electron chi connectivity index (χ4n) is 1.82. The van der Waals surface area contributed by atoms with Crippen molar-refractivity contribution in [2.45, 2.75) is 54.4 Å². The normalized spacial score (nSPS) is 14.5. The van der Waals surface area contributed by atoms with Crippen molar-refractivity contribution < 1.29 is 0 Å². The van der Waals surface area contributed by atoms with Crippen molar-refractivity contribution in [1.82, 2.24) is 0 Å². The van der Waals surface area contributed by atoms with Gasteiger partial charge in [-0.1, -0.05) is 83.1 Å². The zero-order valence-electron chi connectivity index (χ0n) is 15.2. The molecule has 120 valence electrons. The molecule has 0 bridgehead atoms. The lowest BCUT2D eigenvalue weighted by Crippen LogP contribution is -1.76. The van der Waals surface area contributed by atoms with Crippen LogP contribution in [-0.2, 0) is 0 Å². The number of hydrogen-bond acceptors (Lipinski definition) is 0. The zero-order chi connectivity index (χ0) is 16.8. The van der Waals surface area contributed by atoms with Crippen LogP contribution in [0.1, 0.15) is 54.4 Å². The van der Waals surface area contributed by atoms with Gasteiger partial charge in [0.2, 0.25) is 0 Å². The van der Waals surface area contributed by atoms with E-state index in [2.05, 4.69) is 95.4 Å². The van der Waals surface area contributed by atoms with E-state index in [4.69, 9.17) is 0 Å². The second-order valence-corrected chi connectivity index (χ2v) is 5.90. The highest BCUT2D eigenvalue weighted by molar-refractivity contribution is 5.28. The third kappa shape index (κ3) is 13.2. The maximum absolute atomic E-state index is 2.29. The lowest BCUT2D eigenvalue weighted by atomic mass is 10.1. The molecule has 0 heteroatoms. The summed E-state index contributed by atoms with van der Waals surface area (Å²) >= 11 is 0. The Kier molecular flexibility index (Phi) is 11.8. The maximum Gasteiger partial charge on any atom is -0.0285 e. The number of hydrogen-bond donors (Lipinski definition) is 0. The summed E-state index contributed by atoms with van der Waals surface area (Å²) < 4.78 is 0. The first-order chi connectivity index (χ1) is 10.5. The van der Waals surface area contributed by atoms with E-state index in [9.17, 15) is 0 Å². The minimum atomic E-state index is 1.13. The fourth-order valence-corrected chi connectivity index (χ4v) is 1.82. The molecule has 0 aromatic carbocycles. The van der Waals surface area contributed by atoms with Gasteiger partial charge in [0.1, 0.15) is 0 Å². The lowest BCUT2D eigenvalue weighted by Gasteiger charge is -1.96. The molecule has 0 nitrogen and oxygen atoms in total. The molecule has 0 aliphatic heterocycles. The van der Waals surface area contributed by atoms with Crippen molar-refractivity contribution in [3.8, 4) is 0 Å². The van der Waals surface area contributed by atoms with E-state index < -0.39 is 0 Å². The molecule has 0 aliphatic rings. The molecule has 0 aliphatic carbocycles. The molecule has 0 saturated heterocycles. The third-order valence-electron chi connectivity index (χ3n) is 3.09. The minimum Gasteiger partial charge on any atom is -0.0874 e. The van der Waals surface area contributed by atoms with Crippen molar-refractivity contribution in [2.75, 3.05) is 0 Å². The van der Waals surface area contributed by atoms with E-state index in [1.54, 1.807) is 0 Å². The van der Waals surface area contributed by atoms with Crippen molar-refractivity contribution in [3.63, 3.8) is 0 Å². The van der Waals surface area contributed by atoms with Crippen LogP contribution < -0.4 is 0 Å². The van der Waals surface area contributed by atoms with Gasteiger partial charge in [-0.15, -0.1) is 0 Å². The molecule has 0 rings (SSSR count). The zero-order valence-corrected chi connectivity index (χ0v) is 15.2. The third-order valence-corrected chi connectivity index (χ3v) is 3.09. The summed E-state index contributed by atoms with van der Waals surface area (Å²) in [6, 6.07) is 0. The Balaban J connectivity index is 4.37. The highest BCUT2D eigenvalue weighted by Crippen LogP contribution is 2.07. The summed E-state index contributed by atoms with van der Waals surface area (Å²) in [6.45, 7) is 12.7. The van der Waals surface area contributed by atoms with Crippen LogP contribution in [0.4, 0.5) is 0 Å². The van der Waals surface area contributed by atoms with Gasteiger partial charge >= 0.3 is 0 Å². The fraction of sp³-hybridized carbons (Fsp3) is 0.364. The van der Waals surface area contributed by atoms with Gasteiger partial charge in [0.15, 0.2) is 0 Å². The maximum atomic E-state index is 2.29. The predicted molar refractivity (Wildman–Crippen MR) is 103 cm³/mol. The number of allylic oxidation sites excluding steroid dienone is 14. The van der Waals surface area contributed by atoms with Gasteiger partial charge in [-0.25, -0.2) is 0 Å². The SMILES string of the molecule is CC=CC(C)=CC=CC=C(C)C=CC=C(C)CCC=C(C)C. The van der Waals surface area contributed by atoms with Crippen LogP contribution in [0.3, 0.4) is 0 Å². The van der Waals surface area contributed by atoms with Crippen LogP contribution >= 0.6 is 0 Å². The molecule has 0 unspecified atom stereocenters. The van der Waals surface area contributed by atoms with Gasteiger partial charge in [-0.05, 0) is 54.4 Å². The van der Waals surface area contributed by atoms with Gasteiger partial charge in [-0.2, -0.15) is 0 Å². The van der Waals surface area contributed by atoms with Crippen molar-refractivity contribution in [2.24, 2.45) is 0 Å². The van der Waals surface area contributed by atoms with Gasteiger partial charge in [-0.3, -0.25) is 0 Å². The Morgan fingerprint density at radius 3 is 1.86 bits per heavy atom. The first-order valence-corrected chi connectivity index (χ1v) is 8.07. The van der Waals surface area contributed by atoms with Gasteiger partial charge < -0.3 is 0 Å². The van der Waals surface area contributed by atoms with Crippen molar-refractivity contribution >= 4 is 0 Å². The van der Waals surface area contributed by atoms with Crippen molar-refractivity contribution in [1.29, 1.82) is 0 Å². The molecule has 22 heavy (non-hydrogen) atoms. The second kappa shape index (κ2) is 12.9. The summed E-state index contributed by atoms with van der Waals surface area (Å²) in [5, 5.41) is 0. The summed E-state index contributed by atoms with van der Waals surface area (Å²) in [5.74, 6) is 0. The van der Waals surface area contributed by atoms with E-state index in [0.29, 0.717) is 0 Å². The average Bonchev–Trinajstić information content (AvgIpc) is 2.43. The first kappa shape index (κ1) is 20.2. The Labute approximate surface area is 138 Å². The summed E-state index contributed by atoms with van der Waals surface area (Å²) in [5.41, 5.74) is 5.33. The largest absolute Gasteiger partial charge is 0.0874 e. The Bertz CT molecular complexity index is 510. The van der Waals surface area contributed by atoms with E-state index in [1.807, 2.05) is 6.92 Å². The molecular formula is C22H32. The Morgan fingerprint density at radius 1 is 0.727 bits per heavy atom. The lowest BCUT2D eigenvalue weighted by molar-refractivity contribution is 0.967. The smallest absolute Gasteiger partial charge is 0.0285 e. The van der Waals surface area contributed by atoms with Gasteiger partial charge in [0.05, 0.1) is 0 Å². The average molecular weight is 296 g/mol. The molecule has 0 aromatic heterocycles. The van der Waals surface area contributed by atoms with Crippen LogP contribution in [0.2, 0.25) is 0 Å². The van der Waals surface area contributed by atoms with Crippen LogP contribution in [0.5, 0.6) is 0 Å². The monoisotopic (exact) mass is 296 g/mol. The Morgan fingerprint density at radius 2 is 1.32 bits per heavy atom. The summed E-state index contributed by atoms with van der Waals surface area (Å²) in [6.07, 6.45) is 23.6. The van der Waals surface area contributed by atoms with Crippen LogP contribution in [0.15, 0.2) is 83.1 Å². The molecule has 0 N–H and O–H groups in total. The van der Waals surface area contributed by atoms with Crippen LogP contribution in [0.25, 0.3) is 0 Å². The molecule has 0 heterocycles. The highest BCUT2D eigenvalue weighted by atomic mass is 13.9.